The lowest BCUT2D eigenvalue weighted by atomic mass is 10.2. The minimum absolute atomic E-state index is 0.475. The number of carbonyl (C=O) groups is 1. The van der Waals surface area contributed by atoms with E-state index < -0.39 is 12.1 Å². The molecule has 0 aliphatic rings. The van der Waals surface area contributed by atoms with Crippen molar-refractivity contribution in [3.8, 4) is 0 Å². The summed E-state index contributed by atoms with van der Waals surface area (Å²) in [6, 6.07) is -1.09. The molecular formula is C4H9N2O. The van der Waals surface area contributed by atoms with Crippen LogP contribution in [0.25, 0.3) is 0 Å². The Labute approximate surface area is 42.7 Å². The van der Waals surface area contributed by atoms with Gasteiger partial charge in [0.2, 0.25) is 0 Å². The fourth-order valence-electron chi connectivity index (χ4n) is 0.101. The molecule has 0 rings (SSSR count). The van der Waals surface area contributed by atoms with Crippen LogP contribution in [-0.4, -0.2) is 18.4 Å². The molecule has 0 amide bonds. The van der Waals surface area contributed by atoms with Gasteiger partial charge in [-0.3, -0.25) is 0 Å². The Morgan fingerprint density at radius 2 is 2.00 bits per heavy atom. The molecule has 3 nitrogen and oxygen atoms in total. The highest BCUT2D eigenvalue weighted by Gasteiger charge is 2.03. The Morgan fingerprint density at radius 3 is 2.00 bits per heavy atom. The predicted molar refractivity (Wildman–Crippen MR) is 27.4 cm³/mol. The summed E-state index contributed by atoms with van der Waals surface area (Å²) >= 11 is 0. The second-order valence-corrected chi connectivity index (χ2v) is 1.38. The molecule has 2 unspecified atom stereocenters. The number of nitrogens with two attached hydrogens (primary N) is 2. The van der Waals surface area contributed by atoms with Crippen molar-refractivity contribution in [2.45, 2.75) is 12.1 Å². The zero-order valence-electron chi connectivity index (χ0n) is 4.00. The molecule has 0 aromatic heterocycles. The van der Waals surface area contributed by atoms with Gasteiger partial charge in [0.1, 0.15) is 6.29 Å². The SMILES string of the molecule is [CH2]C(N)C(N)C=O. The zero-order chi connectivity index (χ0) is 5.86. The van der Waals surface area contributed by atoms with E-state index in [1.165, 1.54) is 0 Å². The molecular weight excluding hydrogens is 92.1 g/mol. The molecule has 41 valence electrons. The quantitative estimate of drug-likeness (QED) is 0.423. The van der Waals surface area contributed by atoms with E-state index in [1.807, 2.05) is 0 Å². The molecule has 0 aliphatic heterocycles. The smallest absolute Gasteiger partial charge is 0.138 e. The summed E-state index contributed by atoms with van der Waals surface area (Å²) in [5.41, 5.74) is 10.1. The van der Waals surface area contributed by atoms with E-state index in [9.17, 15) is 4.79 Å². The van der Waals surface area contributed by atoms with Crippen molar-refractivity contribution >= 4 is 6.29 Å². The third-order valence-corrected chi connectivity index (χ3v) is 0.652. The highest BCUT2D eigenvalue weighted by molar-refractivity contribution is 5.58. The molecule has 0 saturated carbocycles. The van der Waals surface area contributed by atoms with Gasteiger partial charge in [0.15, 0.2) is 0 Å². The van der Waals surface area contributed by atoms with Gasteiger partial charge in [-0.25, -0.2) is 0 Å². The van der Waals surface area contributed by atoms with Crippen molar-refractivity contribution in [1.82, 2.24) is 0 Å². The summed E-state index contributed by atoms with van der Waals surface area (Å²) < 4.78 is 0. The van der Waals surface area contributed by atoms with Crippen LogP contribution in [0.15, 0.2) is 0 Å². The van der Waals surface area contributed by atoms with E-state index in [-0.39, 0.29) is 0 Å². The normalized spacial score (nSPS) is 18.1. The van der Waals surface area contributed by atoms with Gasteiger partial charge in [-0.05, 0) is 6.92 Å². The fourth-order valence-corrected chi connectivity index (χ4v) is 0.101. The Bertz CT molecular complexity index is 62.7. The summed E-state index contributed by atoms with van der Waals surface area (Å²) in [7, 11) is 0. The Morgan fingerprint density at radius 1 is 1.57 bits per heavy atom. The minimum Gasteiger partial charge on any atom is -0.326 e. The predicted octanol–water partition coefficient (Wildman–Crippen LogP) is -1.33. The van der Waals surface area contributed by atoms with Gasteiger partial charge in [0.05, 0.1) is 6.04 Å². The summed E-state index contributed by atoms with van der Waals surface area (Å²) in [5, 5.41) is 0. The highest BCUT2D eigenvalue weighted by atomic mass is 16.1. The summed E-state index contributed by atoms with van der Waals surface area (Å²) in [5.74, 6) is 0. The summed E-state index contributed by atoms with van der Waals surface area (Å²) in [6.07, 6.45) is 0.581. The maximum absolute atomic E-state index is 9.70. The van der Waals surface area contributed by atoms with Crippen molar-refractivity contribution in [1.29, 1.82) is 0 Å². The van der Waals surface area contributed by atoms with Crippen molar-refractivity contribution in [2.24, 2.45) is 11.5 Å². The third-order valence-electron chi connectivity index (χ3n) is 0.652. The second-order valence-electron chi connectivity index (χ2n) is 1.38. The topological polar surface area (TPSA) is 69.1 Å². The van der Waals surface area contributed by atoms with Gasteiger partial charge in [0, 0.05) is 6.04 Å². The summed E-state index contributed by atoms with van der Waals surface area (Å²) in [4.78, 5) is 9.70. The molecule has 3 heteroatoms. The molecule has 7 heavy (non-hydrogen) atoms. The number of rotatable bonds is 2. The molecule has 0 fully saturated rings. The molecule has 0 aromatic rings. The molecule has 2 atom stereocenters. The largest absolute Gasteiger partial charge is 0.326 e. The first-order valence-electron chi connectivity index (χ1n) is 1.98. The average Bonchev–Trinajstić information content (AvgIpc) is 1.65. The first kappa shape index (κ1) is 6.59. The maximum atomic E-state index is 9.70. The average molecular weight is 101 g/mol. The molecule has 0 bridgehead atoms. The number of hydrogen-bond acceptors (Lipinski definition) is 3. The Hall–Kier alpha value is -0.410. The van der Waals surface area contributed by atoms with Crippen LogP contribution in [0.3, 0.4) is 0 Å². The second kappa shape index (κ2) is 2.71. The highest BCUT2D eigenvalue weighted by Crippen LogP contribution is 1.75. The van der Waals surface area contributed by atoms with Crippen molar-refractivity contribution in [2.75, 3.05) is 0 Å². The molecule has 0 heterocycles. The first-order valence-corrected chi connectivity index (χ1v) is 1.98. The van der Waals surface area contributed by atoms with Crippen LogP contribution in [0.4, 0.5) is 0 Å². The lowest BCUT2D eigenvalue weighted by molar-refractivity contribution is -0.109. The van der Waals surface area contributed by atoms with Gasteiger partial charge in [-0.1, -0.05) is 0 Å². The van der Waals surface area contributed by atoms with Gasteiger partial charge in [-0.15, -0.1) is 0 Å². The molecule has 0 saturated heterocycles. The van der Waals surface area contributed by atoms with Gasteiger partial charge in [0.25, 0.3) is 0 Å². The first-order chi connectivity index (χ1) is 3.18. The fraction of sp³-hybridized carbons (Fsp3) is 0.500. The van der Waals surface area contributed by atoms with Gasteiger partial charge >= 0.3 is 0 Å². The van der Waals surface area contributed by atoms with Gasteiger partial charge in [-0.2, -0.15) is 0 Å². The zero-order valence-corrected chi connectivity index (χ0v) is 4.00. The molecule has 0 aromatic carbocycles. The van der Waals surface area contributed by atoms with Crippen molar-refractivity contribution in [3.63, 3.8) is 0 Å². The van der Waals surface area contributed by atoms with E-state index in [1.54, 1.807) is 0 Å². The molecule has 1 radical (unpaired) electrons. The maximum Gasteiger partial charge on any atom is 0.138 e. The summed E-state index contributed by atoms with van der Waals surface area (Å²) in [6.45, 7) is 3.33. The van der Waals surface area contributed by atoms with E-state index in [0.29, 0.717) is 6.29 Å². The number of aldehydes is 1. The van der Waals surface area contributed by atoms with Crippen LogP contribution in [0.5, 0.6) is 0 Å². The van der Waals surface area contributed by atoms with Crippen LogP contribution in [0, 0.1) is 6.92 Å². The van der Waals surface area contributed by atoms with Crippen LogP contribution < -0.4 is 11.5 Å². The third kappa shape index (κ3) is 2.31. The van der Waals surface area contributed by atoms with Gasteiger partial charge < -0.3 is 16.3 Å². The standard InChI is InChI=1S/C4H9N2O/c1-3(5)4(6)2-7/h2-4H,1,5-6H2. The van der Waals surface area contributed by atoms with Crippen LogP contribution in [0.2, 0.25) is 0 Å². The van der Waals surface area contributed by atoms with E-state index in [0.717, 1.165) is 0 Å². The number of carbonyl (C=O) groups excluding carboxylic acids is 1. The lowest BCUT2D eigenvalue weighted by Gasteiger charge is -2.04. The van der Waals surface area contributed by atoms with Crippen LogP contribution >= 0.6 is 0 Å². The van der Waals surface area contributed by atoms with E-state index >= 15 is 0 Å². The Balaban J connectivity index is 3.33. The van der Waals surface area contributed by atoms with Crippen molar-refractivity contribution in [3.05, 3.63) is 6.92 Å². The van der Waals surface area contributed by atoms with E-state index in [4.69, 9.17) is 11.5 Å². The van der Waals surface area contributed by atoms with Crippen LogP contribution in [-0.2, 0) is 4.79 Å². The van der Waals surface area contributed by atoms with E-state index in [2.05, 4.69) is 6.92 Å². The Kier molecular flexibility index (Phi) is 2.55. The molecule has 0 aliphatic carbocycles. The minimum atomic E-state index is -0.611. The van der Waals surface area contributed by atoms with Crippen LogP contribution in [0.1, 0.15) is 0 Å². The number of hydrogen-bond donors (Lipinski definition) is 2. The molecule has 0 spiro atoms. The molecule has 4 N–H and O–H groups in total. The lowest BCUT2D eigenvalue weighted by Crippen LogP contribution is -2.40. The monoisotopic (exact) mass is 101 g/mol. The van der Waals surface area contributed by atoms with Crippen molar-refractivity contribution < 1.29 is 4.79 Å².